The van der Waals surface area contributed by atoms with Crippen LogP contribution in [0, 0.1) is 24.7 Å². The van der Waals surface area contributed by atoms with Gasteiger partial charge in [0.15, 0.2) is 0 Å². The Hall–Kier alpha value is -4.96. The van der Waals surface area contributed by atoms with Crippen molar-refractivity contribution in [2.75, 3.05) is 9.80 Å². The highest BCUT2D eigenvalue weighted by atomic mass is 15.3. The van der Waals surface area contributed by atoms with Gasteiger partial charge >= 0.3 is 0 Å². The van der Waals surface area contributed by atoms with Crippen molar-refractivity contribution in [1.82, 2.24) is 4.57 Å². The Bertz CT molecular complexity index is 2490. The normalized spacial score (nSPS) is 23.9. The Labute approximate surface area is 314 Å². The molecule has 1 aromatic heterocycles. The zero-order valence-electron chi connectivity index (χ0n) is 31.4. The number of nitrogens with zero attached hydrogens (tertiary/aromatic N) is 3. The largest absolute Gasteiger partial charge is 0.311 e. The van der Waals surface area contributed by atoms with Crippen molar-refractivity contribution >= 4 is 57.4 Å². The Morgan fingerprint density at radius 3 is 1.96 bits per heavy atom. The minimum Gasteiger partial charge on any atom is -0.311 e. The van der Waals surface area contributed by atoms with Gasteiger partial charge < -0.3 is 4.90 Å². The molecule has 4 heteroatoms. The number of anilines is 6. The summed E-state index contributed by atoms with van der Waals surface area (Å²) in [6.07, 6.45) is 7.88. The molecule has 3 heterocycles. The van der Waals surface area contributed by atoms with Gasteiger partial charge in [-0.25, -0.2) is 0 Å². The second-order valence-corrected chi connectivity index (χ2v) is 18.3. The van der Waals surface area contributed by atoms with Crippen molar-refractivity contribution in [2.45, 2.75) is 77.0 Å². The fraction of sp³-hybridized carbons (Fsp3) is 0.306. The maximum Gasteiger partial charge on any atom is 0.254 e. The van der Waals surface area contributed by atoms with Gasteiger partial charge in [-0.2, -0.15) is 0 Å². The van der Waals surface area contributed by atoms with Crippen molar-refractivity contribution < 1.29 is 0 Å². The number of hydrogen-bond acceptors (Lipinski definition) is 2. The van der Waals surface area contributed by atoms with E-state index in [9.17, 15) is 0 Å². The van der Waals surface area contributed by atoms with Gasteiger partial charge in [-0.05, 0) is 150 Å². The molecule has 13 rings (SSSR count). The van der Waals surface area contributed by atoms with Gasteiger partial charge in [0.2, 0.25) is 0 Å². The summed E-state index contributed by atoms with van der Waals surface area (Å²) < 4.78 is 2.64. The standard InChI is InChI=1S/C49H46BN3/c1-30-23-42-45-43(24-30)53(41-18-12-11-17-38(41)49-28-32-25-34(49)26-33(32)29-49)47-40(27-44(48(2,3)4)52(47)36-15-9-6-10-16-36)50(45)39-22-20-31-19-21-37(31)46(39)51(42)35-13-7-5-8-14-35/h5-18,20,22-24,27,32-34H,19,21,25-26,28-29H2,1-4H3. The van der Waals surface area contributed by atoms with Crippen LogP contribution in [0.3, 0.4) is 0 Å². The molecule has 4 bridgehead atoms. The second kappa shape index (κ2) is 10.4. The van der Waals surface area contributed by atoms with Crippen LogP contribution in [0.15, 0.2) is 115 Å². The Morgan fingerprint density at radius 1 is 0.660 bits per heavy atom. The molecule has 6 aromatic rings. The summed E-state index contributed by atoms with van der Waals surface area (Å²) in [7, 11) is 0. The fourth-order valence-corrected chi connectivity index (χ4v) is 12.4. The second-order valence-electron chi connectivity index (χ2n) is 18.3. The van der Waals surface area contributed by atoms with Crippen molar-refractivity contribution in [3.05, 3.63) is 143 Å². The predicted molar refractivity (Wildman–Crippen MR) is 221 cm³/mol. The third-order valence-electron chi connectivity index (χ3n) is 14.5. The maximum absolute atomic E-state index is 2.75. The average Bonchev–Trinajstić information content (AvgIpc) is 3.96. The summed E-state index contributed by atoms with van der Waals surface area (Å²) in [5, 5.41) is 0. The molecule has 5 aromatic carbocycles. The first kappa shape index (κ1) is 30.5. The molecule has 53 heavy (non-hydrogen) atoms. The lowest BCUT2D eigenvalue weighted by Crippen LogP contribution is -2.61. The van der Waals surface area contributed by atoms with Crippen LogP contribution < -0.4 is 26.2 Å². The first-order chi connectivity index (χ1) is 25.8. The molecule has 2 aliphatic heterocycles. The smallest absolute Gasteiger partial charge is 0.254 e. The third-order valence-corrected chi connectivity index (χ3v) is 14.5. The van der Waals surface area contributed by atoms with E-state index in [1.807, 2.05) is 0 Å². The van der Waals surface area contributed by atoms with Crippen LogP contribution in [0.1, 0.15) is 74.4 Å². The lowest BCUT2D eigenvalue weighted by Gasteiger charge is -2.46. The number of para-hydroxylation sites is 3. The monoisotopic (exact) mass is 687 g/mol. The van der Waals surface area contributed by atoms with Crippen LogP contribution in [0.25, 0.3) is 5.69 Å². The van der Waals surface area contributed by atoms with Gasteiger partial charge in [-0.15, -0.1) is 0 Å². The quantitative estimate of drug-likeness (QED) is 0.171. The zero-order chi connectivity index (χ0) is 35.4. The van der Waals surface area contributed by atoms with Crippen LogP contribution in [-0.4, -0.2) is 11.3 Å². The highest BCUT2D eigenvalue weighted by Crippen LogP contribution is 2.71. The van der Waals surface area contributed by atoms with Gasteiger partial charge in [-0.1, -0.05) is 87.5 Å². The highest BCUT2D eigenvalue weighted by Gasteiger charge is 2.64. The van der Waals surface area contributed by atoms with E-state index in [1.54, 1.807) is 5.56 Å². The molecule has 0 amide bonds. The van der Waals surface area contributed by atoms with Gasteiger partial charge in [0, 0.05) is 45.0 Å². The van der Waals surface area contributed by atoms with Crippen molar-refractivity contribution in [2.24, 2.45) is 17.8 Å². The van der Waals surface area contributed by atoms with Crippen molar-refractivity contribution in [3.63, 3.8) is 0 Å². The molecule has 7 aliphatic rings. The van der Waals surface area contributed by atoms with Crippen LogP contribution in [0.4, 0.5) is 34.3 Å². The molecule has 0 spiro atoms. The number of aromatic nitrogens is 1. The molecule has 0 radical (unpaired) electrons. The van der Waals surface area contributed by atoms with Crippen LogP contribution in [0.2, 0.25) is 0 Å². The molecule has 260 valence electrons. The highest BCUT2D eigenvalue weighted by molar-refractivity contribution is 7.00. The van der Waals surface area contributed by atoms with Crippen LogP contribution >= 0.6 is 0 Å². The van der Waals surface area contributed by atoms with Gasteiger partial charge in [0.1, 0.15) is 5.82 Å². The van der Waals surface area contributed by atoms with E-state index in [4.69, 9.17) is 0 Å². The van der Waals surface area contributed by atoms with Crippen LogP contribution in [-0.2, 0) is 23.7 Å². The molecule has 0 N–H and O–H groups in total. The number of fused-ring (bicyclic) bond motifs is 6. The zero-order valence-corrected chi connectivity index (χ0v) is 31.4. The predicted octanol–water partition coefficient (Wildman–Crippen LogP) is 9.95. The van der Waals surface area contributed by atoms with Gasteiger partial charge in [0.25, 0.3) is 6.71 Å². The average molecular weight is 688 g/mol. The number of hydrogen-bond donors (Lipinski definition) is 0. The van der Waals surface area contributed by atoms with E-state index >= 15 is 0 Å². The molecule has 5 aliphatic carbocycles. The minimum atomic E-state index is -0.0820. The lowest BCUT2D eigenvalue weighted by molar-refractivity contribution is 0.372. The first-order valence-electron chi connectivity index (χ1n) is 20.2. The molecule has 3 nitrogen and oxygen atoms in total. The maximum atomic E-state index is 2.75. The van der Waals surface area contributed by atoms with E-state index in [1.165, 1.54) is 111 Å². The van der Waals surface area contributed by atoms with Gasteiger partial charge in [0.05, 0.1) is 5.69 Å². The molecule has 2 atom stereocenters. The Kier molecular flexibility index (Phi) is 5.97. The van der Waals surface area contributed by atoms with Crippen LogP contribution in [0.5, 0.6) is 0 Å². The van der Waals surface area contributed by atoms with E-state index in [0.717, 1.165) is 24.2 Å². The fourth-order valence-electron chi connectivity index (χ4n) is 12.4. The van der Waals surface area contributed by atoms with E-state index in [-0.39, 0.29) is 17.5 Å². The lowest BCUT2D eigenvalue weighted by atomic mass is 9.33. The summed E-state index contributed by atoms with van der Waals surface area (Å²) in [5.41, 5.74) is 19.8. The third kappa shape index (κ3) is 3.92. The summed E-state index contributed by atoms with van der Waals surface area (Å²) in [5.74, 6) is 3.96. The number of rotatable bonds is 4. The molecule has 4 saturated carbocycles. The van der Waals surface area contributed by atoms with Crippen molar-refractivity contribution in [3.8, 4) is 5.69 Å². The molecule has 0 saturated heterocycles. The summed E-state index contributed by atoms with van der Waals surface area (Å²) in [6.45, 7) is 9.63. The van der Waals surface area contributed by atoms with Crippen molar-refractivity contribution in [1.29, 1.82) is 0 Å². The summed E-state index contributed by atoms with van der Waals surface area (Å²) >= 11 is 0. The minimum absolute atomic E-state index is 0.0820. The Morgan fingerprint density at radius 2 is 1.32 bits per heavy atom. The number of benzene rings is 5. The molecular formula is C49H46BN3. The topological polar surface area (TPSA) is 11.4 Å². The summed E-state index contributed by atoms with van der Waals surface area (Å²) in [4.78, 5) is 5.39. The van der Waals surface area contributed by atoms with E-state index < -0.39 is 0 Å². The molecule has 4 fully saturated rings. The molecular weight excluding hydrogens is 641 g/mol. The molecule has 2 unspecified atom stereocenters. The number of aryl methyl sites for hydroxylation is 2. The van der Waals surface area contributed by atoms with Gasteiger partial charge in [-0.3, -0.25) is 9.47 Å². The first-order valence-corrected chi connectivity index (χ1v) is 20.2. The SMILES string of the molecule is Cc1cc2c3c(c1)N(c1ccccc1C14CC5CC1CC5C4)c1c(cc(C(C)(C)C)n1-c1ccccc1)B3c1ccc3c(c1N2c1ccccc1)CC3. The Balaban J connectivity index is 1.22. The summed E-state index contributed by atoms with van der Waals surface area (Å²) in [6, 6.07) is 44.6. The van der Waals surface area contributed by atoms with E-state index in [0.29, 0.717) is 0 Å². The van der Waals surface area contributed by atoms with E-state index in [2.05, 4.69) is 157 Å².